The Labute approximate surface area is 121 Å². The van der Waals surface area contributed by atoms with Crippen LogP contribution >= 0.6 is 11.8 Å². The molecule has 108 valence electrons. The van der Waals surface area contributed by atoms with Gasteiger partial charge in [-0.2, -0.15) is 0 Å². The first-order valence-corrected chi connectivity index (χ1v) is 7.16. The zero-order valence-electron chi connectivity index (χ0n) is 11.3. The molecule has 7 heteroatoms. The second-order valence-electron chi connectivity index (χ2n) is 4.22. The van der Waals surface area contributed by atoms with Crippen molar-refractivity contribution >= 4 is 29.3 Å². The Balaban J connectivity index is 2.01. The van der Waals surface area contributed by atoms with Crippen LogP contribution in [-0.4, -0.2) is 49.1 Å². The van der Waals surface area contributed by atoms with E-state index in [1.165, 1.54) is 16.7 Å². The number of hydrogen-bond acceptors (Lipinski definition) is 5. The van der Waals surface area contributed by atoms with E-state index in [1.54, 1.807) is 32.4 Å². The van der Waals surface area contributed by atoms with Gasteiger partial charge in [0.25, 0.3) is 0 Å². The molecule has 0 aromatic heterocycles. The van der Waals surface area contributed by atoms with Crippen LogP contribution in [0.5, 0.6) is 11.5 Å². The van der Waals surface area contributed by atoms with Crippen LogP contribution in [0.4, 0.5) is 5.69 Å². The molecule has 2 amide bonds. The van der Waals surface area contributed by atoms with Gasteiger partial charge in [-0.3, -0.25) is 9.59 Å². The van der Waals surface area contributed by atoms with E-state index in [9.17, 15) is 9.59 Å². The summed E-state index contributed by atoms with van der Waals surface area (Å²) in [5.41, 5.74) is 0.575. The van der Waals surface area contributed by atoms with E-state index < -0.39 is 0 Å². The first-order chi connectivity index (χ1) is 9.62. The van der Waals surface area contributed by atoms with E-state index in [2.05, 4.69) is 5.32 Å². The lowest BCUT2D eigenvalue weighted by molar-refractivity contribution is -0.130. The van der Waals surface area contributed by atoms with Crippen LogP contribution in [0.1, 0.15) is 0 Å². The van der Waals surface area contributed by atoms with Crippen molar-refractivity contribution in [3.63, 3.8) is 0 Å². The number of benzene rings is 1. The molecule has 1 heterocycles. The van der Waals surface area contributed by atoms with Crippen LogP contribution in [0.2, 0.25) is 0 Å². The fourth-order valence-corrected chi connectivity index (χ4v) is 2.70. The lowest BCUT2D eigenvalue weighted by Crippen LogP contribution is -2.34. The molecule has 0 radical (unpaired) electrons. The van der Waals surface area contributed by atoms with Gasteiger partial charge in [0.05, 0.1) is 25.8 Å². The number of rotatable bonds is 5. The van der Waals surface area contributed by atoms with E-state index in [0.717, 1.165) is 0 Å². The molecule has 1 fully saturated rings. The summed E-state index contributed by atoms with van der Waals surface area (Å²) in [6, 6.07) is 5.11. The fraction of sp³-hybridized carbons (Fsp3) is 0.385. The number of anilines is 1. The minimum Gasteiger partial charge on any atom is -0.497 e. The van der Waals surface area contributed by atoms with Crippen LogP contribution in [0.3, 0.4) is 0 Å². The minimum absolute atomic E-state index is 0.00614. The van der Waals surface area contributed by atoms with Crippen molar-refractivity contribution < 1.29 is 19.1 Å². The van der Waals surface area contributed by atoms with E-state index in [1.807, 2.05) is 0 Å². The highest BCUT2D eigenvalue weighted by Crippen LogP contribution is 2.25. The average Bonchev–Trinajstić information content (AvgIpc) is 2.83. The molecule has 0 atom stereocenters. The van der Waals surface area contributed by atoms with E-state index >= 15 is 0 Å². The van der Waals surface area contributed by atoms with Gasteiger partial charge in [0, 0.05) is 23.9 Å². The molecule has 1 N–H and O–H groups in total. The van der Waals surface area contributed by atoms with Gasteiger partial charge in [0.2, 0.25) is 11.8 Å². The molecule has 6 nitrogen and oxygen atoms in total. The first-order valence-electron chi connectivity index (χ1n) is 6.01. The highest BCUT2D eigenvalue weighted by atomic mass is 32.2. The summed E-state index contributed by atoms with van der Waals surface area (Å²) in [5.74, 6) is 1.94. The quantitative estimate of drug-likeness (QED) is 0.883. The lowest BCUT2D eigenvalue weighted by atomic mass is 10.2. The molecule has 0 spiro atoms. The van der Waals surface area contributed by atoms with Gasteiger partial charge >= 0.3 is 0 Å². The minimum atomic E-state index is -0.240. The number of thioether (sulfide) groups is 1. The fourth-order valence-electron chi connectivity index (χ4n) is 1.79. The highest BCUT2D eigenvalue weighted by molar-refractivity contribution is 8.00. The Morgan fingerprint density at radius 1 is 1.30 bits per heavy atom. The Kier molecular flexibility index (Phi) is 4.73. The molecule has 0 saturated carbocycles. The topological polar surface area (TPSA) is 67.9 Å². The van der Waals surface area contributed by atoms with Gasteiger partial charge in [-0.15, -0.1) is 11.8 Å². The Bertz CT molecular complexity index is 499. The largest absolute Gasteiger partial charge is 0.497 e. The number of nitrogens with zero attached hydrogens (tertiary/aromatic N) is 1. The number of nitrogens with one attached hydrogen (secondary N) is 1. The van der Waals surface area contributed by atoms with Crippen LogP contribution in [-0.2, 0) is 9.59 Å². The first kappa shape index (κ1) is 14.5. The Hall–Kier alpha value is -1.89. The maximum Gasteiger partial charge on any atom is 0.244 e. The van der Waals surface area contributed by atoms with Gasteiger partial charge < -0.3 is 19.7 Å². The number of carbonyl (C=O) groups excluding carboxylic acids is 2. The standard InChI is InChI=1S/C13H16N2O4S/c1-18-10-3-9(4-11(5-10)19-2)14-12(16)6-15-8-20-7-13(15)17/h3-5H,6-8H2,1-2H3,(H,14,16). The molecular weight excluding hydrogens is 280 g/mol. The smallest absolute Gasteiger partial charge is 0.244 e. The third kappa shape index (κ3) is 3.57. The van der Waals surface area contributed by atoms with Gasteiger partial charge in [-0.05, 0) is 0 Å². The molecule has 1 aliphatic heterocycles. The second kappa shape index (κ2) is 6.51. The summed E-state index contributed by atoms with van der Waals surface area (Å²) >= 11 is 1.51. The summed E-state index contributed by atoms with van der Waals surface area (Å²) in [6.07, 6.45) is 0. The van der Waals surface area contributed by atoms with Crippen molar-refractivity contribution in [2.75, 3.05) is 37.7 Å². The third-order valence-electron chi connectivity index (χ3n) is 2.80. The van der Waals surface area contributed by atoms with Crippen LogP contribution in [0, 0.1) is 0 Å². The lowest BCUT2D eigenvalue weighted by Gasteiger charge is -2.15. The zero-order valence-corrected chi connectivity index (χ0v) is 12.2. The van der Waals surface area contributed by atoms with Crippen molar-refractivity contribution in [1.29, 1.82) is 0 Å². The molecule has 1 aliphatic rings. The SMILES string of the molecule is COc1cc(NC(=O)CN2CSCC2=O)cc(OC)c1. The third-order valence-corrected chi connectivity index (χ3v) is 3.74. The van der Waals surface area contributed by atoms with E-state index in [4.69, 9.17) is 9.47 Å². The van der Waals surface area contributed by atoms with Gasteiger partial charge in [-0.25, -0.2) is 0 Å². The number of carbonyl (C=O) groups is 2. The summed E-state index contributed by atoms with van der Waals surface area (Å²) in [4.78, 5) is 24.9. The predicted octanol–water partition coefficient (Wildman–Crippen LogP) is 1.18. The molecule has 1 saturated heterocycles. The summed E-state index contributed by atoms with van der Waals surface area (Å²) in [6.45, 7) is 0.0609. The molecule has 0 unspecified atom stereocenters. The molecule has 2 rings (SSSR count). The summed E-state index contributed by atoms with van der Waals surface area (Å²) in [7, 11) is 3.08. The van der Waals surface area contributed by atoms with Crippen LogP contribution in [0.25, 0.3) is 0 Å². The molecule has 0 aliphatic carbocycles. The molecule has 1 aromatic carbocycles. The predicted molar refractivity (Wildman–Crippen MR) is 77.2 cm³/mol. The van der Waals surface area contributed by atoms with Gasteiger partial charge in [0.15, 0.2) is 0 Å². The van der Waals surface area contributed by atoms with Crippen molar-refractivity contribution in [2.45, 2.75) is 0 Å². The van der Waals surface area contributed by atoms with Crippen molar-refractivity contribution in [2.24, 2.45) is 0 Å². The number of methoxy groups -OCH3 is 2. The summed E-state index contributed by atoms with van der Waals surface area (Å²) < 4.78 is 10.3. The second-order valence-corrected chi connectivity index (χ2v) is 5.17. The van der Waals surface area contributed by atoms with Crippen molar-refractivity contribution in [1.82, 2.24) is 4.90 Å². The summed E-state index contributed by atoms with van der Waals surface area (Å²) in [5, 5.41) is 2.74. The Morgan fingerprint density at radius 3 is 2.45 bits per heavy atom. The maximum atomic E-state index is 11.9. The van der Waals surface area contributed by atoms with Crippen molar-refractivity contribution in [3.8, 4) is 11.5 Å². The normalized spacial score (nSPS) is 14.3. The van der Waals surface area contributed by atoms with Crippen molar-refractivity contribution in [3.05, 3.63) is 18.2 Å². The van der Waals surface area contributed by atoms with E-state index in [0.29, 0.717) is 28.8 Å². The molecular formula is C13H16N2O4S. The number of amides is 2. The molecule has 0 bridgehead atoms. The zero-order chi connectivity index (χ0) is 14.5. The molecule has 1 aromatic rings. The van der Waals surface area contributed by atoms with Crippen LogP contribution < -0.4 is 14.8 Å². The number of ether oxygens (including phenoxy) is 2. The maximum absolute atomic E-state index is 11.9. The van der Waals surface area contributed by atoms with Gasteiger partial charge in [0.1, 0.15) is 18.0 Å². The highest BCUT2D eigenvalue weighted by Gasteiger charge is 2.22. The molecule has 20 heavy (non-hydrogen) atoms. The Morgan fingerprint density at radius 2 is 1.95 bits per heavy atom. The van der Waals surface area contributed by atoms with Gasteiger partial charge in [-0.1, -0.05) is 0 Å². The van der Waals surface area contributed by atoms with Crippen LogP contribution in [0.15, 0.2) is 18.2 Å². The number of hydrogen-bond donors (Lipinski definition) is 1. The average molecular weight is 296 g/mol. The van der Waals surface area contributed by atoms with E-state index in [-0.39, 0.29) is 18.4 Å². The monoisotopic (exact) mass is 296 g/mol.